The molecule has 4 fully saturated rings. The minimum Gasteiger partial charge on any atom is -0.508 e. The quantitative estimate of drug-likeness (QED) is 0.579. The smallest absolute Gasteiger partial charge is 0.347 e. The highest BCUT2D eigenvalue weighted by Crippen LogP contribution is 2.61. The van der Waals surface area contributed by atoms with E-state index in [1.165, 1.54) is 26.4 Å². The molecule has 166 valence electrons. The van der Waals surface area contributed by atoms with Crippen molar-refractivity contribution in [1.29, 1.82) is 0 Å². The number of esters is 2. The van der Waals surface area contributed by atoms with Gasteiger partial charge in [-0.2, -0.15) is 0 Å². The lowest BCUT2D eigenvalue weighted by atomic mass is 9.48. The molecule has 7 nitrogen and oxygen atoms in total. The second-order valence-corrected chi connectivity index (χ2v) is 9.78. The molecule has 0 aliphatic heterocycles. The average molecular weight is 427 g/mol. The lowest BCUT2D eigenvalue weighted by Gasteiger charge is -2.58. The molecule has 31 heavy (non-hydrogen) atoms. The maximum absolute atomic E-state index is 12.7. The molecule has 4 aliphatic rings. The third-order valence-electron chi connectivity index (χ3n) is 7.62. The molecule has 1 heterocycles. The van der Waals surface area contributed by atoms with Gasteiger partial charge in [0.25, 0.3) is 0 Å². The van der Waals surface area contributed by atoms with Crippen molar-refractivity contribution in [3.8, 4) is 5.75 Å². The summed E-state index contributed by atoms with van der Waals surface area (Å²) in [6.07, 6.45) is 7.80. The van der Waals surface area contributed by atoms with Crippen molar-refractivity contribution in [2.45, 2.75) is 51.0 Å². The zero-order valence-electron chi connectivity index (χ0n) is 17.9. The number of nitrogens with one attached hydrogen (secondary N) is 2. The Hall–Kier alpha value is -2.70. The highest BCUT2D eigenvalue weighted by Gasteiger charge is 2.57. The first-order valence-electron chi connectivity index (χ1n) is 11.3. The van der Waals surface area contributed by atoms with Crippen LogP contribution in [-0.4, -0.2) is 41.8 Å². The molecule has 6 rings (SSSR count). The van der Waals surface area contributed by atoms with Crippen LogP contribution in [0, 0.1) is 23.2 Å². The van der Waals surface area contributed by atoms with Crippen LogP contribution >= 0.6 is 0 Å². The van der Waals surface area contributed by atoms with E-state index < -0.39 is 12.1 Å². The van der Waals surface area contributed by atoms with E-state index in [4.69, 9.17) is 9.47 Å². The number of aromatic hydroxyl groups is 1. The van der Waals surface area contributed by atoms with Crippen molar-refractivity contribution in [2.24, 2.45) is 23.2 Å². The van der Waals surface area contributed by atoms with E-state index in [0.29, 0.717) is 24.3 Å². The Morgan fingerprint density at radius 3 is 2.52 bits per heavy atom. The molecule has 0 radical (unpaired) electrons. The number of ether oxygens (including phenoxy) is 2. The van der Waals surface area contributed by atoms with Crippen molar-refractivity contribution in [3.63, 3.8) is 0 Å². The van der Waals surface area contributed by atoms with Crippen LogP contribution in [0.2, 0.25) is 0 Å². The summed E-state index contributed by atoms with van der Waals surface area (Å²) < 4.78 is 10.9. The van der Waals surface area contributed by atoms with E-state index in [0.717, 1.165) is 35.9 Å². The fourth-order valence-corrected chi connectivity index (χ4v) is 6.77. The van der Waals surface area contributed by atoms with Gasteiger partial charge in [-0.1, -0.05) is 0 Å². The number of hydrogen-bond acceptors (Lipinski definition) is 6. The highest BCUT2D eigenvalue weighted by atomic mass is 16.6. The molecule has 0 spiro atoms. The van der Waals surface area contributed by atoms with Gasteiger partial charge in [0.1, 0.15) is 5.75 Å². The van der Waals surface area contributed by atoms with E-state index in [1.54, 1.807) is 18.2 Å². The van der Waals surface area contributed by atoms with E-state index in [1.807, 2.05) is 6.20 Å². The molecular formula is C24H30N2O5. The van der Waals surface area contributed by atoms with Gasteiger partial charge in [0.05, 0.1) is 19.2 Å². The molecule has 7 heteroatoms. The molecule has 4 aliphatic carbocycles. The Labute approximate surface area is 181 Å². The van der Waals surface area contributed by atoms with Gasteiger partial charge in [-0.3, -0.25) is 4.79 Å². The van der Waals surface area contributed by atoms with E-state index in [-0.39, 0.29) is 23.6 Å². The summed E-state index contributed by atoms with van der Waals surface area (Å²) in [5.41, 5.74) is 1.46. The van der Waals surface area contributed by atoms with E-state index in [9.17, 15) is 14.7 Å². The fourth-order valence-electron chi connectivity index (χ4n) is 6.77. The molecule has 1 atom stereocenters. The van der Waals surface area contributed by atoms with Crippen molar-refractivity contribution in [1.82, 2.24) is 4.98 Å². The first-order chi connectivity index (χ1) is 15.0. The number of anilines is 1. The number of hydrogen-bond donors (Lipinski definition) is 3. The standard InChI is InChI=1S/C24H30N2O5/c1-30-23(29)22(24-10-14-6-15(11-24)8-16(7-14)12-24)31-21(28)4-5-25-20-13-26-19-3-2-17(27)9-18(19)20/h2-3,9,13-16,22,25-27H,4-8,10-12H2,1H3. The number of aromatic amines is 1. The number of benzene rings is 1. The van der Waals surface area contributed by atoms with Crippen LogP contribution in [0.15, 0.2) is 24.4 Å². The summed E-state index contributed by atoms with van der Waals surface area (Å²) in [7, 11) is 1.37. The number of phenolic OH excluding ortho intramolecular Hbond substituents is 1. The first-order valence-corrected chi connectivity index (χ1v) is 11.3. The zero-order chi connectivity index (χ0) is 21.6. The Bertz CT molecular complexity index is 962. The van der Waals surface area contributed by atoms with Crippen LogP contribution in [-0.2, 0) is 19.1 Å². The van der Waals surface area contributed by atoms with Crippen LogP contribution < -0.4 is 5.32 Å². The number of aromatic nitrogens is 1. The molecule has 4 bridgehead atoms. The van der Waals surface area contributed by atoms with Gasteiger partial charge in [0.2, 0.25) is 6.10 Å². The zero-order valence-corrected chi connectivity index (χ0v) is 17.9. The summed E-state index contributed by atoms with van der Waals surface area (Å²) in [4.78, 5) is 28.5. The Morgan fingerprint density at radius 2 is 1.87 bits per heavy atom. The lowest BCUT2D eigenvalue weighted by molar-refractivity contribution is -0.191. The van der Waals surface area contributed by atoms with Crippen molar-refractivity contribution < 1.29 is 24.2 Å². The largest absolute Gasteiger partial charge is 0.508 e. The Kier molecular flexibility index (Phi) is 5.07. The molecule has 0 amide bonds. The molecule has 2 aromatic rings. The summed E-state index contributed by atoms with van der Waals surface area (Å²) in [6, 6.07) is 5.10. The van der Waals surface area contributed by atoms with Gasteiger partial charge < -0.3 is 24.9 Å². The SMILES string of the molecule is COC(=O)C(OC(=O)CCNc1c[nH]c2ccc(O)cc12)C12CC3CC(CC(C3)C1)C2. The van der Waals surface area contributed by atoms with Gasteiger partial charge in [-0.25, -0.2) is 4.79 Å². The third kappa shape index (κ3) is 3.75. The summed E-state index contributed by atoms with van der Waals surface area (Å²) in [6.45, 7) is 0.371. The number of phenols is 1. The Morgan fingerprint density at radius 1 is 1.19 bits per heavy atom. The maximum atomic E-state index is 12.7. The van der Waals surface area contributed by atoms with Crippen LogP contribution in [0.1, 0.15) is 44.9 Å². The number of carbonyl (C=O) groups is 2. The van der Waals surface area contributed by atoms with Crippen molar-refractivity contribution in [3.05, 3.63) is 24.4 Å². The van der Waals surface area contributed by atoms with Crippen LogP contribution in [0.3, 0.4) is 0 Å². The number of carbonyl (C=O) groups excluding carboxylic acids is 2. The number of fused-ring (bicyclic) bond motifs is 1. The lowest BCUT2D eigenvalue weighted by Crippen LogP contribution is -2.55. The number of H-pyrrole nitrogens is 1. The summed E-state index contributed by atoms with van der Waals surface area (Å²) in [5, 5.41) is 13.8. The van der Waals surface area contributed by atoms with Gasteiger partial charge >= 0.3 is 11.9 Å². The van der Waals surface area contributed by atoms with Crippen LogP contribution in [0.4, 0.5) is 5.69 Å². The number of methoxy groups -OCH3 is 1. The number of rotatable bonds is 7. The summed E-state index contributed by atoms with van der Waals surface area (Å²) in [5.74, 6) is 1.33. The van der Waals surface area contributed by atoms with Gasteiger partial charge in [-0.15, -0.1) is 0 Å². The van der Waals surface area contributed by atoms with Gasteiger partial charge in [-0.05, 0) is 74.5 Å². The summed E-state index contributed by atoms with van der Waals surface area (Å²) >= 11 is 0. The first kappa shape index (κ1) is 20.2. The second kappa shape index (κ2) is 7.77. The van der Waals surface area contributed by atoms with E-state index in [2.05, 4.69) is 10.3 Å². The molecule has 3 N–H and O–H groups in total. The predicted octanol–water partition coefficient (Wildman–Crippen LogP) is 3.98. The minimum atomic E-state index is -0.802. The van der Waals surface area contributed by atoms with Gasteiger partial charge in [0, 0.05) is 29.1 Å². The maximum Gasteiger partial charge on any atom is 0.347 e. The monoisotopic (exact) mass is 426 g/mol. The van der Waals surface area contributed by atoms with Crippen LogP contribution in [0.25, 0.3) is 10.9 Å². The highest BCUT2D eigenvalue weighted by molar-refractivity contribution is 5.93. The molecule has 1 aromatic carbocycles. The Balaban J connectivity index is 1.23. The molecular weight excluding hydrogens is 396 g/mol. The molecule has 1 aromatic heterocycles. The molecule has 1 unspecified atom stereocenters. The minimum absolute atomic E-state index is 0.144. The topological polar surface area (TPSA) is 101 Å². The predicted molar refractivity (Wildman–Crippen MR) is 116 cm³/mol. The normalized spacial score (nSPS) is 29.6. The third-order valence-corrected chi connectivity index (χ3v) is 7.62. The molecule has 4 saturated carbocycles. The average Bonchev–Trinajstić information content (AvgIpc) is 3.12. The van der Waals surface area contributed by atoms with Crippen molar-refractivity contribution >= 4 is 28.5 Å². The van der Waals surface area contributed by atoms with E-state index >= 15 is 0 Å². The van der Waals surface area contributed by atoms with Crippen molar-refractivity contribution in [2.75, 3.05) is 19.0 Å². The van der Waals surface area contributed by atoms with Crippen LogP contribution in [0.5, 0.6) is 5.75 Å². The molecule has 0 saturated heterocycles. The fraction of sp³-hybridized carbons (Fsp3) is 0.583. The van der Waals surface area contributed by atoms with Gasteiger partial charge in [0.15, 0.2) is 0 Å². The second-order valence-electron chi connectivity index (χ2n) is 9.78.